The molecule has 0 aliphatic heterocycles. The van der Waals surface area contributed by atoms with Crippen molar-refractivity contribution >= 4 is 40.5 Å². The molecule has 10 heteroatoms. The number of nitro benzene ring substituents is 1. The quantitative estimate of drug-likeness (QED) is 0.348. The Labute approximate surface area is 160 Å². The van der Waals surface area contributed by atoms with Crippen LogP contribution >= 0.6 is 11.6 Å². The highest BCUT2D eigenvalue weighted by Gasteiger charge is 2.24. The van der Waals surface area contributed by atoms with Gasteiger partial charge in [-0.05, 0) is 25.1 Å². The molecule has 27 heavy (non-hydrogen) atoms. The molecule has 2 aromatic rings. The Hall–Kier alpha value is -3.20. The second-order valence-corrected chi connectivity index (χ2v) is 6.09. The Balaban J connectivity index is 2.18. The number of rotatable bonds is 6. The largest absolute Gasteiger partial charge is 0.449 e. The third-order valence-corrected chi connectivity index (χ3v) is 3.86. The number of hydrogen-bond acceptors (Lipinski definition) is 7. The van der Waals surface area contributed by atoms with E-state index in [1.165, 1.54) is 25.3 Å². The first kappa shape index (κ1) is 20.1. The van der Waals surface area contributed by atoms with E-state index in [0.717, 1.165) is 6.07 Å². The number of halogens is 1. The number of nitrogens with zero attached hydrogens (tertiary/aromatic N) is 3. The zero-order valence-corrected chi connectivity index (χ0v) is 15.6. The Bertz CT molecular complexity index is 887. The number of non-ortho nitro benzene ring substituents is 1. The van der Waals surface area contributed by atoms with E-state index in [0.29, 0.717) is 5.69 Å². The monoisotopic (exact) mass is 392 g/mol. The standard InChI is InChI=1S/C17H17ClN4O5/c1-10(16(23)20-13-5-4-8-19-15(13)18)27-17(24)12-9-11(22(25)26)6-7-14(12)21(2)3/h4-10H,1-3H3,(H,20,23)/t10-/m0/s1. The summed E-state index contributed by atoms with van der Waals surface area (Å²) in [6.45, 7) is 1.38. The summed E-state index contributed by atoms with van der Waals surface area (Å²) in [5, 5.41) is 13.6. The first-order valence-corrected chi connectivity index (χ1v) is 8.16. The predicted molar refractivity (Wildman–Crippen MR) is 100 cm³/mol. The molecule has 0 aliphatic rings. The number of ether oxygens (including phenoxy) is 1. The highest BCUT2D eigenvalue weighted by atomic mass is 35.5. The molecule has 1 aromatic heterocycles. The fourth-order valence-corrected chi connectivity index (χ4v) is 2.35. The first-order chi connectivity index (χ1) is 12.7. The molecule has 0 saturated heterocycles. The highest BCUT2D eigenvalue weighted by Crippen LogP contribution is 2.25. The summed E-state index contributed by atoms with van der Waals surface area (Å²) in [7, 11) is 3.36. The normalized spacial score (nSPS) is 11.4. The van der Waals surface area contributed by atoms with Gasteiger partial charge in [0.05, 0.1) is 21.9 Å². The molecule has 1 N–H and O–H groups in total. The average Bonchev–Trinajstić information content (AvgIpc) is 2.62. The smallest absolute Gasteiger partial charge is 0.341 e. The Kier molecular flexibility index (Phi) is 6.30. The second kappa shape index (κ2) is 8.45. The van der Waals surface area contributed by atoms with Gasteiger partial charge in [0.2, 0.25) is 0 Å². The Morgan fingerprint density at radius 2 is 2.04 bits per heavy atom. The average molecular weight is 393 g/mol. The van der Waals surface area contributed by atoms with Gasteiger partial charge in [0.1, 0.15) is 0 Å². The number of esters is 1. The van der Waals surface area contributed by atoms with E-state index in [4.69, 9.17) is 16.3 Å². The van der Waals surface area contributed by atoms with Crippen LogP contribution in [0, 0.1) is 10.1 Å². The van der Waals surface area contributed by atoms with E-state index in [-0.39, 0.29) is 22.1 Å². The van der Waals surface area contributed by atoms with Crippen LogP contribution in [-0.2, 0) is 9.53 Å². The minimum Gasteiger partial charge on any atom is -0.449 e. The first-order valence-electron chi connectivity index (χ1n) is 7.79. The third-order valence-electron chi connectivity index (χ3n) is 3.56. The van der Waals surface area contributed by atoms with E-state index < -0.39 is 22.9 Å². The van der Waals surface area contributed by atoms with Crippen LogP contribution < -0.4 is 10.2 Å². The fraction of sp³-hybridized carbons (Fsp3) is 0.235. The lowest BCUT2D eigenvalue weighted by atomic mass is 10.1. The zero-order chi connectivity index (χ0) is 20.1. The van der Waals surface area contributed by atoms with Crippen molar-refractivity contribution in [2.45, 2.75) is 13.0 Å². The van der Waals surface area contributed by atoms with Crippen LogP contribution in [0.1, 0.15) is 17.3 Å². The van der Waals surface area contributed by atoms with E-state index in [9.17, 15) is 19.7 Å². The van der Waals surface area contributed by atoms with Crippen molar-refractivity contribution in [2.75, 3.05) is 24.3 Å². The van der Waals surface area contributed by atoms with Gasteiger partial charge in [-0.1, -0.05) is 11.6 Å². The summed E-state index contributed by atoms with van der Waals surface area (Å²) in [6.07, 6.45) is 0.301. The van der Waals surface area contributed by atoms with Gasteiger partial charge in [0.15, 0.2) is 11.3 Å². The van der Waals surface area contributed by atoms with Gasteiger partial charge >= 0.3 is 5.97 Å². The van der Waals surface area contributed by atoms with Crippen LogP contribution in [-0.4, -0.2) is 42.0 Å². The number of carbonyl (C=O) groups is 2. The molecule has 0 radical (unpaired) electrons. The molecule has 0 fully saturated rings. The van der Waals surface area contributed by atoms with E-state index in [2.05, 4.69) is 10.3 Å². The number of nitrogens with one attached hydrogen (secondary N) is 1. The number of anilines is 2. The number of carbonyl (C=O) groups excluding carboxylic acids is 2. The minimum absolute atomic E-state index is 0.0201. The van der Waals surface area contributed by atoms with Crippen molar-refractivity contribution in [2.24, 2.45) is 0 Å². The molecule has 142 valence electrons. The molecule has 0 spiro atoms. The molecular formula is C17H17ClN4O5. The van der Waals surface area contributed by atoms with Crippen LogP contribution in [0.5, 0.6) is 0 Å². The number of pyridine rings is 1. The number of benzene rings is 1. The van der Waals surface area contributed by atoms with Crippen molar-refractivity contribution in [1.29, 1.82) is 0 Å². The Morgan fingerprint density at radius 1 is 1.33 bits per heavy atom. The molecule has 0 aliphatic carbocycles. The number of amides is 1. The van der Waals surface area contributed by atoms with Crippen LogP contribution in [0.15, 0.2) is 36.5 Å². The molecule has 0 bridgehead atoms. The van der Waals surface area contributed by atoms with Gasteiger partial charge in [0, 0.05) is 32.4 Å². The topological polar surface area (TPSA) is 115 Å². The molecule has 0 unspecified atom stereocenters. The number of hydrogen-bond donors (Lipinski definition) is 1. The van der Waals surface area contributed by atoms with Gasteiger partial charge in [0.25, 0.3) is 11.6 Å². The maximum Gasteiger partial charge on any atom is 0.341 e. The molecule has 1 amide bonds. The zero-order valence-electron chi connectivity index (χ0n) is 14.8. The SMILES string of the molecule is C[C@H](OC(=O)c1cc([N+](=O)[O-])ccc1N(C)C)C(=O)Nc1cccnc1Cl. The van der Waals surface area contributed by atoms with Crippen LogP contribution in [0.25, 0.3) is 0 Å². The molecule has 1 atom stereocenters. The molecule has 9 nitrogen and oxygen atoms in total. The fourth-order valence-electron chi connectivity index (χ4n) is 2.18. The minimum atomic E-state index is -1.16. The molecule has 1 heterocycles. The van der Waals surface area contributed by atoms with Gasteiger partial charge in [-0.25, -0.2) is 9.78 Å². The molecule has 0 saturated carbocycles. The summed E-state index contributed by atoms with van der Waals surface area (Å²) in [5.41, 5.74) is 0.421. The molecule has 2 rings (SSSR count). The lowest BCUT2D eigenvalue weighted by molar-refractivity contribution is -0.384. The lowest BCUT2D eigenvalue weighted by Gasteiger charge is -2.18. The van der Waals surface area contributed by atoms with Gasteiger partial charge < -0.3 is 15.0 Å². The molecular weight excluding hydrogens is 376 g/mol. The number of nitro groups is 1. The van der Waals surface area contributed by atoms with Crippen molar-refractivity contribution in [3.8, 4) is 0 Å². The van der Waals surface area contributed by atoms with Gasteiger partial charge in [-0.15, -0.1) is 0 Å². The summed E-state index contributed by atoms with van der Waals surface area (Å²) in [5.74, 6) is -1.47. The van der Waals surface area contributed by atoms with Crippen molar-refractivity contribution in [3.05, 3.63) is 57.4 Å². The summed E-state index contributed by atoms with van der Waals surface area (Å²) < 4.78 is 5.17. The third kappa shape index (κ3) is 4.91. The second-order valence-electron chi connectivity index (χ2n) is 5.73. The van der Waals surface area contributed by atoms with Gasteiger partial charge in [-0.2, -0.15) is 0 Å². The van der Waals surface area contributed by atoms with Crippen LogP contribution in [0.2, 0.25) is 5.15 Å². The van der Waals surface area contributed by atoms with E-state index in [1.54, 1.807) is 31.1 Å². The Morgan fingerprint density at radius 3 is 2.63 bits per heavy atom. The van der Waals surface area contributed by atoms with Crippen LogP contribution in [0.4, 0.5) is 17.1 Å². The number of aromatic nitrogens is 1. The maximum absolute atomic E-state index is 12.5. The van der Waals surface area contributed by atoms with E-state index >= 15 is 0 Å². The summed E-state index contributed by atoms with van der Waals surface area (Å²) in [6, 6.07) is 6.97. The lowest BCUT2D eigenvalue weighted by Crippen LogP contribution is -2.30. The van der Waals surface area contributed by atoms with Crippen molar-refractivity contribution in [3.63, 3.8) is 0 Å². The summed E-state index contributed by atoms with van der Waals surface area (Å²) in [4.78, 5) is 40.5. The van der Waals surface area contributed by atoms with E-state index in [1.807, 2.05) is 0 Å². The predicted octanol–water partition coefficient (Wildman–Crippen LogP) is 2.89. The van der Waals surface area contributed by atoms with Crippen LogP contribution in [0.3, 0.4) is 0 Å². The maximum atomic E-state index is 12.5. The summed E-state index contributed by atoms with van der Waals surface area (Å²) >= 11 is 5.87. The van der Waals surface area contributed by atoms with Crippen molar-refractivity contribution < 1.29 is 19.2 Å². The highest BCUT2D eigenvalue weighted by molar-refractivity contribution is 6.32. The van der Waals surface area contributed by atoms with Gasteiger partial charge in [-0.3, -0.25) is 14.9 Å². The van der Waals surface area contributed by atoms with Crippen molar-refractivity contribution in [1.82, 2.24) is 4.98 Å². The molecule has 1 aromatic carbocycles.